The number of hydrogen-bond acceptors (Lipinski definition) is 3. The lowest BCUT2D eigenvalue weighted by molar-refractivity contribution is -0.137. The lowest BCUT2D eigenvalue weighted by Crippen LogP contribution is -2.49. The maximum absolute atomic E-state index is 12.0. The molecule has 0 spiro atoms. The third-order valence-electron chi connectivity index (χ3n) is 3.27. The Kier molecular flexibility index (Phi) is 4.35. The molecule has 2 N–H and O–H groups in total. The Hall–Kier alpha value is -0.940. The highest BCUT2D eigenvalue weighted by Crippen LogP contribution is 2.30. The molecule has 2 rings (SSSR count). The van der Waals surface area contributed by atoms with E-state index in [9.17, 15) is 4.79 Å². The maximum atomic E-state index is 12.0. The number of nitrogens with zero attached hydrogens (tertiary/aromatic N) is 2. The quantitative estimate of drug-likeness (QED) is 0.931. The minimum Gasteiger partial charge on any atom is -0.333 e. The summed E-state index contributed by atoms with van der Waals surface area (Å²) in [5, 5.41) is 0. The molecule has 1 amide bonds. The van der Waals surface area contributed by atoms with Crippen LogP contribution in [0.4, 0.5) is 0 Å². The summed E-state index contributed by atoms with van der Waals surface area (Å²) in [6, 6.07) is 3.77. The van der Waals surface area contributed by atoms with Crippen LogP contribution >= 0.6 is 15.9 Å². The molecule has 1 aromatic rings. The number of likely N-dealkylation sites (tertiary alicyclic amines) is 1. The minimum absolute atomic E-state index is 0.0251. The van der Waals surface area contributed by atoms with E-state index >= 15 is 0 Å². The van der Waals surface area contributed by atoms with Gasteiger partial charge >= 0.3 is 0 Å². The third-order valence-corrected chi connectivity index (χ3v) is 3.74. The second-order valence-electron chi connectivity index (χ2n) is 4.64. The van der Waals surface area contributed by atoms with E-state index in [4.69, 9.17) is 5.73 Å². The number of carbonyl (C=O) groups excluding carboxylic acids is 1. The summed E-state index contributed by atoms with van der Waals surface area (Å²) < 4.78 is 0.934. The molecule has 2 unspecified atom stereocenters. The Morgan fingerprint density at radius 1 is 1.56 bits per heavy atom. The van der Waals surface area contributed by atoms with E-state index in [1.165, 1.54) is 0 Å². The Balaban J connectivity index is 2.30. The normalized spacial score (nSPS) is 24.4. The van der Waals surface area contributed by atoms with Crippen molar-refractivity contribution < 1.29 is 4.79 Å². The molecule has 2 atom stereocenters. The Labute approximate surface area is 116 Å². The molecule has 5 heteroatoms. The Bertz CT molecular complexity index is 421. The van der Waals surface area contributed by atoms with Crippen molar-refractivity contribution >= 4 is 21.8 Å². The first-order valence-electron chi connectivity index (χ1n) is 6.30. The van der Waals surface area contributed by atoms with Gasteiger partial charge in [-0.1, -0.05) is 6.92 Å². The molecule has 1 saturated heterocycles. The average molecular weight is 312 g/mol. The fourth-order valence-corrected chi connectivity index (χ4v) is 2.66. The van der Waals surface area contributed by atoms with Gasteiger partial charge < -0.3 is 10.6 Å². The van der Waals surface area contributed by atoms with E-state index < -0.39 is 0 Å². The minimum atomic E-state index is -0.0840. The summed E-state index contributed by atoms with van der Waals surface area (Å²) >= 11 is 3.37. The molecular formula is C13H18BrN3O. The number of carbonyl (C=O) groups is 1. The van der Waals surface area contributed by atoms with Crippen LogP contribution in [0.1, 0.15) is 37.9 Å². The number of nitrogens with two attached hydrogens (primary N) is 1. The van der Waals surface area contributed by atoms with Gasteiger partial charge in [-0.05, 0) is 40.9 Å². The highest BCUT2D eigenvalue weighted by atomic mass is 79.9. The zero-order valence-electron chi connectivity index (χ0n) is 10.5. The molecule has 0 aromatic carbocycles. The van der Waals surface area contributed by atoms with E-state index in [2.05, 4.69) is 27.8 Å². The summed E-state index contributed by atoms with van der Waals surface area (Å²) in [5.41, 5.74) is 7.07. The van der Waals surface area contributed by atoms with Crippen LogP contribution in [0, 0.1) is 0 Å². The van der Waals surface area contributed by atoms with Crippen molar-refractivity contribution in [2.75, 3.05) is 6.54 Å². The second-order valence-corrected chi connectivity index (χ2v) is 5.55. The summed E-state index contributed by atoms with van der Waals surface area (Å²) in [4.78, 5) is 18.3. The van der Waals surface area contributed by atoms with Crippen LogP contribution in [0.2, 0.25) is 0 Å². The van der Waals surface area contributed by atoms with Crippen molar-refractivity contribution in [1.82, 2.24) is 9.88 Å². The van der Waals surface area contributed by atoms with E-state index in [-0.39, 0.29) is 18.0 Å². The van der Waals surface area contributed by atoms with Crippen LogP contribution in [-0.4, -0.2) is 28.4 Å². The van der Waals surface area contributed by atoms with Gasteiger partial charge in [-0.3, -0.25) is 9.78 Å². The lowest BCUT2D eigenvalue weighted by Gasteiger charge is -2.39. The van der Waals surface area contributed by atoms with Crippen LogP contribution in [0.5, 0.6) is 0 Å². The predicted octanol–water partition coefficient (Wildman–Crippen LogP) is 2.24. The average Bonchev–Trinajstić information content (AvgIpc) is 2.36. The second kappa shape index (κ2) is 5.80. The molecule has 18 heavy (non-hydrogen) atoms. The topological polar surface area (TPSA) is 59.2 Å². The van der Waals surface area contributed by atoms with Gasteiger partial charge in [0.05, 0.1) is 11.7 Å². The van der Waals surface area contributed by atoms with E-state index in [0.29, 0.717) is 6.42 Å². The van der Waals surface area contributed by atoms with Gasteiger partial charge in [-0.25, -0.2) is 0 Å². The molecule has 0 bridgehead atoms. The highest BCUT2D eigenvalue weighted by Gasteiger charge is 2.35. The van der Waals surface area contributed by atoms with Gasteiger partial charge in [0.15, 0.2) is 0 Å². The van der Waals surface area contributed by atoms with Crippen molar-refractivity contribution in [3.63, 3.8) is 0 Å². The number of aromatic nitrogens is 1. The first-order chi connectivity index (χ1) is 8.63. The zero-order valence-corrected chi connectivity index (χ0v) is 12.1. The van der Waals surface area contributed by atoms with E-state index in [1.54, 1.807) is 6.20 Å². The first kappa shape index (κ1) is 13.5. The summed E-state index contributed by atoms with van der Waals surface area (Å²) in [7, 11) is 0. The number of piperidine rings is 1. The molecule has 1 aliphatic heterocycles. The van der Waals surface area contributed by atoms with Crippen molar-refractivity contribution in [2.45, 2.75) is 38.3 Å². The highest BCUT2D eigenvalue weighted by molar-refractivity contribution is 9.10. The molecule has 0 aliphatic carbocycles. The third kappa shape index (κ3) is 2.72. The summed E-state index contributed by atoms with van der Waals surface area (Å²) in [6.45, 7) is 2.81. The number of rotatable bonds is 3. The molecule has 2 heterocycles. The molecule has 1 aliphatic rings. The van der Waals surface area contributed by atoms with E-state index in [0.717, 1.165) is 29.6 Å². The zero-order chi connectivity index (χ0) is 13.1. The number of hydrogen-bond donors (Lipinski definition) is 1. The fourth-order valence-electron chi connectivity index (χ4n) is 2.42. The van der Waals surface area contributed by atoms with Crippen LogP contribution < -0.4 is 5.73 Å². The van der Waals surface area contributed by atoms with Gasteiger partial charge in [0.25, 0.3) is 0 Å². The number of amides is 1. The van der Waals surface area contributed by atoms with Crippen molar-refractivity contribution in [1.29, 1.82) is 0 Å². The standard InChI is InChI=1S/C13H18BrN3O/c1-2-7-17-12(18)6-4-10(15)13(17)11-5-3-9(14)8-16-11/h3,5,8,10,13H,2,4,6-7,15H2,1H3. The van der Waals surface area contributed by atoms with Crippen LogP contribution in [-0.2, 0) is 4.79 Å². The van der Waals surface area contributed by atoms with Crippen LogP contribution in [0.15, 0.2) is 22.8 Å². The lowest BCUT2D eigenvalue weighted by atomic mass is 9.93. The van der Waals surface area contributed by atoms with E-state index in [1.807, 2.05) is 17.0 Å². The Morgan fingerprint density at radius 3 is 2.94 bits per heavy atom. The molecule has 1 aromatic heterocycles. The smallest absolute Gasteiger partial charge is 0.223 e. The molecule has 98 valence electrons. The van der Waals surface area contributed by atoms with Crippen LogP contribution in [0.25, 0.3) is 0 Å². The number of pyridine rings is 1. The largest absolute Gasteiger partial charge is 0.333 e. The maximum Gasteiger partial charge on any atom is 0.223 e. The van der Waals surface area contributed by atoms with Crippen LogP contribution in [0.3, 0.4) is 0 Å². The fraction of sp³-hybridized carbons (Fsp3) is 0.538. The van der Waals surface area contributed by atoms with Crippen molar-refractivity contribution in [2.24, 2.45) is 5.73 Å². The monoisotopic (exact) mass is 311 g/mol. The Morgan fingerprint density at radius 2 is 2.33 bits per heavy atom. The van der Waals surface area contributed by atoms with Gasteiger partial charge in [0.2, 0.25) is 5.91 Å². The van der Waals surface area contributed by atoms with Gasteiger partial charge in [-0.2, -0.15) is 0 Å². The van der Waals surface area contributed by atoms with Crippen molar-refractivity contribution in [3.8, 4) is 0 Å². The first-order valence-corrected chi connectivity index (χ1v) is 7.09. The van der Waals surface area contributed by atoms with Gasteiger partial charge in [0.1, 0.15) is 0 Å². The van der Waals surface area contributed by atoms with Gasteiger partial charge in [-0.15, -0.1) is 0 Å². The molecule has 0 saturated carbocycles. The SMILES string of the molecule is CCCN1C(=O)CCC(N)C1c1ccc(Br)cn1. The summed E-state index contributed by atoms with van der Waals surface area (Å²) in [5.74, 6) is 0.188. The predicted molar refractivity (Wildman–Crippen MR) is 73.9 cm³/mol. The number of halogens is 1. The molecule has 1 fully saturated rings. The molecular weight excluding hydrogens is 294 g/mol. The molecule has 4 nitrogen and oxygen atoms in total. The van der Waals surface area contributed by atoms with Crippen molar-refractivity contribution in [3.05, 3.63) is 28.5 Å². The summed E-state index contributed by atoms with van der Waals surface area (Å²) in [6.07, 6.45) is 3.98. The molecule has 0 radical (unpaired) electrons. The van der Waals surface area contributed by atoms with Gasteiger partial charge in [0, 0.05) is 29.7 Å².